The van der Waals surface area contributed by atoms with E-state index in [1.54, 1.807) is 0 Å². The van der Waals surface area contributed by atoms with Crippen LogP contribution in [0.2, 0.25) is 5.02 Å². The Balaban J connectivity index is 1.31. The zero-order chi connectivity index (χ0) is 17.9. The molecule has 4 rings (SSSR count). The highest BCUT2D eigenvalue weighted by atomic mass is 35.5. The number of rotatable bonds is 5. The molecule has 2 aromatic carbocycles. The zero-order valence-electron chi connectivity index (χ0n) is 14.9. The largest absolute Gasteiger partial charge is 0.369 e. The number of piperazine rings is 1. The molecule has 0 aliphatic carbocycles. The Morgan fingerprint density at radius 2 is 1.85 bits per heavy atom. The van der Waals surface area contributed by atoms with Crippen LogP contribution in [0.4, 0.5) is 5.69 Å². The van der Waals surface area contributed by atoms with E-state index in [2.05, 4.69) is 51.3 Å². The minimum Gasteiger partial charge on any atom is -0.369 e. The minimum atomic E-state index is 0.145. The fourth-order valence-corrected chi connectivity index (χ4v) is 4.03. The van der Waals surface area contributed by atoms with Crippen molar-refractivity contribution in [1.29, 1.82) is 0 Å². The number of para-hydroxylation sites is 1. The van der Waals surface area contributed by atoms with Crippen molar-refractivity contribution in [3.05, 3.63) is 65.3 Å². The third-order valence-electron chi connectivity index (χ3n) is 5.20. The van der Waals surface area contributed by atoms with Gasteiger partial charge in [-0.3, -0.25) is 4.90 Å². The summed E-state index contributed by atoms with van der Waals surface area (Å²) >= 11 is 6.11. The van der Waals surface area contributed by atoms with Gasteiger partial charge in [0.1, 0.15) is 0 Å². The third kappa shape index (κ3) is 3.88. The first-order chi connectivity index (χ1) is 12.7. The van der Waals surface area contributed by atoms with E-state index in [1.165, 1.54) is 22.2 Å². The highest BCUT2D eigenvalue weighted by Gasteiger charge is 2.19. The SMILES string of the molecule is N[C@@H](Cc1c[nH]c2ccccc12)CN1CCN(c2cccc(Cl)c2)CC1. The molecule has 1 aromatic heterocycles. The second-order valence-corrected chi connectivity index (χ2v) is 7.53. The quantitative estimate of drug-likeness (QED) is 0.724. The molecule has 0 amide bonds. The van der Waals surface area contributed by atoms with Crippen LogP contribution in [0.3, 0.4) is 0 Å². The molecule has 1 aliphatic heterocycles. The first-order valence-electron chi connectivity index (χ1n) is 9.22. The van der Waals surface area contributed by atoms with Gasteiger partial charge in [0, 0.05) is 66.6 Å². The summed E-state index contributed by atoms with van der Waals surface area (Å²) in [7, 11) is 0. The van der Waals surface area contributed by atoms with Gasteiger partial charge in [0.15, 0.2) is 0 Å². The van der Waals surface area contributed by atoms with E-state index >= 15 is 0 Å². The van der Waals surface area contributed by atoms with Gasteiger partial charge in [-0.1, -0.05) is 35.9 Å². The molecular formula is C21H25ClN4. The number of anilines is 1. The Morgan fingerprint density at radius 3 is 2.65 bits per heavy atom. The van der Waals surface area contributed by atoms with Gasteiger partial charge >= 0.3 is 0 Å². The van der Waals surface area contributed by atoms with Crippen molar-refractivity contribution in [2.45, 2.75) is 12.5 Å². The fraction of sp³-hybridized carbons (Fsp3) is 0.333. The van der Waals surface area contributed by atoms with Gasteiger partial charge in [-0.2, -0.15) is 0 Å². The molecule has 0 radical (unpaired) electrons. The van der Waals surface area contributed by atoms with Crippen LogP contribution < -0.4 is 10.6 Å². The molecule has 1 aliphatic rings. The zero-order valence-corrected chi connectivity index (χ0v) is 15.6. The number of benzene rings is 2. The molecule has 3 N–H and O–H groups in total. The number of aromatic nitrogens is 1. The van der Waals surface area contributed by atoms with E-state index < -0.39 is 0 Å². The highest BCUT2D eigenvalue weighted by molar-refractivity contribution is 6.30. The first-order valence-corrected chi connectivity index (χ1v) is 9.60. The first kappa shape index (κ1) is 17.4. The topological polar surface area (TPSA) is 48.3 Å². The highest BCUT2D eigenvalue weighted by Crippen LogP contribution is 2.21. The van der Waals surface area contributed by atoms with Gasteiger partial charge in [0.2, 0.25) is 0 Å². The molecule has 136 valence electrons. The average molecular weight is 369 g/mol. The van der Waals surface area contributed by atoms with E-state index in [0.29, 0.717) is 0 Å². The van der Waals surface area contributed by atoms with Gasteiger partial charge in [0.05, 0.1) is 0 Å². The van der Waals surface area contributed by atoms with Crippen molar-refractivity contribution >= 4 is 28.2 Å². The summed E-state index contributed by atoms with van der Waals surface area (Å²) in [5.74, 6) is 0. The van der Waals surface area contributed by atoms with Crippen molar-refractivity contribution in [3.63, 3.8) is 0 Å². The van der Waals surface area contributed by atoms with E-state index in [0.717, 1.165) is 44.2 Å². The molecule has 0 unspecified atom stereocenters. The smallest absolute Gasteiger partial charge is 0.0456 e. The van der Waals surface area contributed by atoms with E-state index in [9.17, 15) is 0 Å². The van der Waals surface area contributed by atoms with Gasteiger partial charge in [-0.05, 0) is 36.2 Å². The minimum absolute atomic E-state index is 0.145. The molecule has 1 saturated heterocycles. The second-order valence-electron chi connectivity index (χ2n) is 7.09. The number of halogens is 1. The lowest BCUT2D eigenvalue weighted by molar-refractivity contribution is 0.242. The van der Waals surface area contributed by atoms with Crippen LogP contribution in [0.15, 0.2) is 54.7 Å². The number of fused-ring (bicyclic) bond motifs is 1. The molecule has 26 heavy (non-hydrogen) atoms. The lowest BCUT2D eigenvalue weighted by Crippen LogP contribution is -2.50. The number of nitrogens with two attached hydrogens (primary N) is 1. The van der Waals surface area contributed by atoms with Crippen molar-refractivity contribution < 1.29 is 0 Å². The summed E-state index contributed by atoms with van der Waals surface area (Å²) in [5.41, 5.74) is 10.2. The maximum absolute atomic E-state index is 6.47. The van der Waals surface area contributed by atoms with Crippen LogP contribution in [-0.2, 0) is 6.42 Å². The van der Waals surface area contributed by atoms with Crippen molar-refractivity contribution in [2.24, 2.45) is 5.73 Å². The lowest BCUT2D eigenvalue weighted by Gasteiger charge is -2.37. The number of nitrogens with one attached hydrogen (secondary N) is 1. The summed E-state index contributed by atoms with van der Waals surface area (Å²) in [6.07, 6.45) is 3.00. The predicted molar refractivity (Wildman–Crippen MR) is 110 cm³/mol. The van der Waals surface area contributed by atoms with Crippen LogP contribution in [0, 0.1) is 0 Å². The number of hydrogen-bond acceptors (Lipinski definition) is 3. The second kappa shape index (κ2) is 7.70. The van der Waals surface area contributed by atoms with E-state index in [-0.39, 0.29) is 6.04 Å². The standard InChI is InChI=1S/C21H25ClN4/c22-17-4-3-5-19(13-17)26-10-8-25(9-11-26)15-18(23)12-16-14-24-21-7-2-1-6-20(16)21/h1-7,13-14,18,24H,8-12,15,23H2/t18-/m0/s1. The van der Waals surface area contributed by atoms with Crippen molar-refractivity contribution in [2.75, 3.05) is 37.6 Å². The molecule has 1 fully saturated rings. The van der Waals surface area contributed by atoms with Crippen LogP contribution in [0.5, 0.6) is 0 Å². The lowest BCUT2D eigenvalue weighted by atomic mass is 10.0. The average Bonchev–Trinajstić information content (AvgIpc) is 3.05. The third-order valence-corrected chi connectivity index (χ3v) is 5.43. The normalized spacial score (nSPS) is 16.9. The Labute approximate surface area is 159 Å². The van der Waals surface area contributed by atoms with Crippen LogP contribution in [0.1, 0.15) is 5.56 Å². The molecule has 1 atom stereocenters. The summed E-state index contributed by atoms with van der Waals surface area (Å²) in [4.78, 5) is 8.21. The molecule has 0 saturated carbocycles. The maximum Gasteiger partial charge on any atom is 0.0456 e. The van der Waals surface area contributed by atoms with Gasteiger partial charge in [-0.15, -0.1) is 0 Å². The summed E-state index contributed by atoms with van der Waals surface area (Å²) in [6.45, 7) is 5.03. The Bertz CT molecular complexity index is 867. The number of hydrogen-bond donors (Lipinski definition) is 2. The molecule has 0 bridgehead atoms. The van der Waals surface area contributed by atoms with Gasteiger partial charge < -0.3 is 15.6 Å². The number of aromatic amines is 1. The molecule has 5 heteroatoms. The number of H-pyrrole nitrogens is 1. The van der Waals surface area contributed by atoms with Crippen molar-refractivity contribution in [1.82, 2.24) is 9.88 Å². The van der Waals surface area contributed by atoms with E-state index in [1.807, 2.05) is 18.2 Å². The summed E-state index contributed by atoms with van der Waals surface area (Å²) in [5, 5.41) is 2.08. The Hall–Kier alpha value is -2.01. The summed E-state index contributed by atoms with van der Waals surface area (Å²) < 4.78 is 0. The monoisotopic (exact) mass is 368 g/mol. The predicted octanol–water partition coefficient (Wildman–Crippen LogP) is 3.51. The van der Waals surface area contributed by atoms with Crippen molar-refractivity contribution in [3.8, 4) is 0 Å². The molecule has 4 nitrogen and oxygen atoms in total. The van der Waals surface area contributed by atoms with Gasteiger partial charge in [-0.25, -0.2) is 0 Å². The van der Waals surface area contributed by atoms with Crippen LogP contribution in [-0.4, -0.2) is 48.6 Å². The van der Waals surface area contributed by atoms with Crippen LogP contribution >= 0.6 is 11.6 Å². The maximum atomic E-state index is 6.47. The van der Waals surface area contributed by atoms with E-state index in [4.69, 9.17) is 17.3 Å². The number of nitrogens with zero attached hydrogens (tertiary/aromatic N) is 2. The molecular weight excluding hydrogens is 344 g/mol. The Morgan fingerprint density at radius 1 is 1.04 bits per heavy atom. The Kier molecular flexibility index (Phi) is 5.16. The van der Waals surface area contributed by atoms with Crippen LogP contribution in [0.25, 0.3) is 10.9 Å². The molecule has 3 aromatic rings. The fourth-order valence-electron chi connectivity index (χ4n) is 3.84. The molecule has 2 heterocycles. The van der Waals surface area contributed by atoms with Gasteiger partial charge in [0.25, 0.3) is 0 Å². The molecule has 0 spiro atoms. The summed E-state index contributed by atoms with van der Waals surface area (Å²) in [6, 6.07) is 16.7.